The molecule has 2 rings (SSSR count). The first kappa shape index (κ1) is 13.8. The van der Waals surface area contributed by atoms with Crippen LogP contribution in [-0.2, 0) is 17.6 Å². The lowest BCUT2D eigenvalue weighted by molar-refractivity contribution is 0.597. The summed E-state index contributed by atoms with van der Waals surface area (Å²) in [5, 5.41) is 0. The molecule has 0 spiro atoms. The first-order valence-corrected chi connectivity index (χ1v) is 7.30. The topological polar surface area (TPSA) is 23.1 Å². The van der Waals surface area contributed by atoms with Crippen LogP contribution in [0.15, 0.2) is 65.6 Å². The standard InChI is InChI=1S/C16H14FOS/c17-15-11-9-14(10-12-15)6-4-5-13-19(18)16-7-2-1-3-8-16/h1-4,7-12H,6,13H2. The molecule has 1 nitrogen and oxygen atoms in total. The van der Waals surface area contributed by atoms with E-state index in [4.69, 9.17) is 0 Å². The Morgan fingerprint density at radius 2 is 1.74 bits per heavy atom. The van der Waals surface area contributed by atoms with Gasteiger partial charge in [0, 0.05) is 6.08 Å². The highest BCUT2D eigenvalue weighted by Gasteiger charge is 2.06. The van der Waals surface area contributed by atoms with E-state index in [9.17, 15) is 8.94 Å². The first-order valence-electron chi connectivity index (χ1n) is 5.98. The third kappa shape index (κ3) is 4.54. The normalized spacial score (nSPS) is 12.7. The molecule has 0 fully saturated rings. The largest absolute Gasteiger partial charge is 0.611 e. The second kappa shape index (κ2) is 7.12. The van der Waals surface area contributed by atoms with Crippen molar-refractivity contribution < 1.29 is 8.94 Å². The van der Waals surface area contributed by atoms with E-state index in [2.05, 4.69) is 6.08 Å². The Hall–Kier alpha value is -1.58. The summed E-state index contributed by atoms with van der Waals surface area (Å²) >= 11 is -1.05. The number of hydrogen-bond donors (Lipinski definition) is 0. The van der Waals surface area contributed by atoms with Gasteiger partial charge in [0.25, 0.3) is 0 Å². The molecule has 0 aliphatic rings. The Morgan fingerprint density at radius 3 is 2.42 bits per heavy atom. The van der Waals surface area contributed by atoms with Crippen molar-refractivity contribution in [2.75, 3.05) is 5.75 Å². The Kier molecular flexibility index (Phi) is 5.19. The van der Waals surface area contributed by atoms with Crippen LogP contribution in [0.3, 0.4) is 0 Å². The maximum Gasteiger partial charge on any atom is 0.153 e. The highest BCUT2D eigenvalue weighted by Crippen LogP contribution is 2.10. The molecule has 0 aromatic heterocycles. The third-order valence-corrected chi connectivity index (χ3v) is 3.84. The Bertz CT molecular complexity index is 522. The molecular weight excluding hydrogens is 259 g/mol. The molecule has 2 aromatic rings. The predicted molar refractivity (Wildman–Crippen MR) is 75.6 cm³/mol. The lowest BCUT2D eigenvalue weighted by atomic mass is 10.1. The third-order valence-electron chi connectivity index (χ3n) is 2.62. The predicted octanol–water partition coefficient (Wildman–Crippen LogP) is 3.54. The smallest absolute Gasteiger partial charge is 0.153 e. The average Bonchev–Trinajstić information content (AvgIpc) is 2.46. The van der Waals surface area contributed by atoms with Crippen LogP contribution in [-0.4, -0.2) is 10.3 Å². The Balaban J connectivity index is 1.82. The molecule has 0 aliphatic heterocycles. The molecule has 0 N–H and O–H groups in total. The molecule has 97 valence electrons. The van der Waals surface area contributed by atoms with Crippen LogP contribution in [0.25, 0.3) is 0 Å². The van der Waals surface area contributed by atoms with Gasteiger partial charge in [0.05, 0.1) is 0 Å². The van der Waals surface area contributed by atoms with Crippen LogP contribution in [0.5, 0.6) is 0 Å². The number of rotatable bonds is 5. The number of benzene rings is 2. The zero-order valence-corrected chi connectivity index (χ0v) is 11.2. The van der Waals surface area contributed by atoms with Gasteiger partial charge in [-0.1, -0.05) is 36.4 Å². The molecule has 0 bridgehead atoms. The molecule has 0 amide bonds. The van der Waals surface area contributed by atoms with Crippen molar-refractivity contribution in [3.8, 4) is 0 Å². The van der Waals surface area contributed by atoms with E-state index in [0.29, 0.717) is 12.2 Å². The highest BCUT2D eigenvalue weighted by molar-refractivity contribution is 7.91. The summed E-state index contributed by atoms with van der Waals surface area (Å²) in [6, 6.07) is 15.7. The fourth-order valence-corrected chi connectivity index (χ4v) is 2.50. The molecule has 0 saturated carbocycles. The van der Waals surface area contributed by atoms with Gasteiger partial charge < -0.3 is 4.55 Å². The van der Waals surface area contributed by atoms with E-state index in [1.807, 2.05) is 36.4 Å². The highest BCUT2D eigenvalue weighted by atomic mass is 32.2. The second-order valence-electron chi connectivity index (χ2n) is 4.04. The van der Waals surface area contributed by atoms with Crippen molar-refractivity contribution in [3.05, 3.63) is 78.1 Å². The minimum Gasteiger partial charge on any atom is -0.611 e. The van der Waals surface area contributed by atoms with Crippen LogP contribution < -0.4 is 0 Å². The Labute approximate surface area is 116 Å². The number of hydrogen-bond acceptors (Lipinski definition) is 1. The summed E-state index contributed by atoms with van der Waals surface area (Å²) in [6.45, 7) is 0. The second-order valence-corrected chi connectivity index (χ2v) is 5.49. The first-order chi connectivity index (χ1) is 9.25. The fourth-order valence-electron chi connectivity index (χ4n) is 1.60. The van der Waals surface area contributed by atoms with Crippen molar-refractivity contribution >= 4 is 11.2 Å². The van der Waals surface area contributed by atoms with E-state index < -0.39 is 11.2 Å². The minimum absolute atomic E-state index is 0.234. The van der Waals surface area contributed by atoms with Crippen LogP contribution in [0.1, 0.15) is 5.56 Å². The van der Waals surface area contributed by atoms with Gasteiger partial charge in [0.1, 0.15) is 11.6 Å². The van der Waals surface area contributed by atoms with Gasteiger partial charge in [0.2, 0.25) is 0 Å². The zero-order valence-electron chi connectivity index (χ0n) is 10.4. The van der Waals surface area contributed by atoms with Gasteiger partial charge in [-0.15, -0.1) is 0 Å². The van der Waals surface area contributed by atoms with Crippen LogP contribution in [0, 0.1) is 11.9 Å². The van der Waals surface area contributed by atoms with Gasteiger partial charge in [0.15, 0.2) is 4.90 Å². The summed E-state index contributed by atoms with van der Waals surface area (Å²) in [7, 11) is 0. The van der Waals surface area contributed by atoms with Crippen molar-refractivity contribution in [1.29, 1.82) is 0 Å². The zero-order chi connectivity index (χ0) is 13.5. The van der Waals surface area contributed by atoms with Crippen LogP contribution >= 0.6 is 0 Å². The van der Waals surface area contributed by atoms with Gasteiger partial charge in [-0.25, -0.2) is 4.39 Å². The van der Waals surface area contributed by atoms with Gasteiger partial charge >= 0.3 is 0 Å². The van der Waals surface area contributed by atoms with Crippen LogP contribution in [0.4, 0.5) is 4.39 Å². The molecule has 1 radical (unpaired) electrons. The summed E-state index contributed by atoms with van der Waals surface area (Å²) < 4.78 is 24.6. The van der Waals surface area contributed by atoms with Crippen LogP contribution in [0.2, 0.25) is 0 Å². The van der Waals surface area contributed by atoms with E-state index in [1.165, 1.54) is 12.1 Å². The summed E-state index contributed by atoms with van der Waals surface area (Å²) in [6.07, 6.45) is 5.54. The summed E-state index contributed by atoms with van der Waals surface area (Å²) in [5.74, 6) is 0.146. The molecule has 0 saturated heterocycles. The number of allylic oxidation sites excluding steroid dienone is 1. The van der Waals surface area contributed by atoms with Crippen molar-refractivity contribution in [1.82, 2.24) is 0 Å². The summed E-state index contributed by atoms with van der Waals surface area (Å²) in [5.41, 5.74) is 1.01. The molecule has 0 heterocycles. The maximum atomic E-state index is 12.7. The lowest BCUT2D eigenvalue weighted by Gasteiger charge is -2.06. The van der Waals surface area contributed by atoms with Crippen molar-refractivity contribution in [2.45, 2.75) is 11.3 Å². The van der Waals surface area contributed by atoms with Gasteiger partial charge in [-0.3, -0.25) is 0 Å². The minimum atomic E-state index is -1.05. The van der Waals surface area contributed by atoms with E-state index >= 15 is 0 Å². The van der Waals surface area contributed by atoms with Crippen molar-refractivity contribution in [2.24, 2.45) is 0 Å². The maximum absolute atomic E-state index is 12.7. The van der Waals surface area contributed by atoms with E-state index in [0.717, 1.165) is 10.5 Å². The quantitative estimate of drug-likeness (QED) is 0.764. The lowest BCUT2D eigenvalue weighted by Crippen LogP contribution is -2.04. The monoisotopic (exact) mass is 273 g/mol. The molecule has 0 aliphatic carbocycles. The molecular formula is C16H14FOS. The summed E-state index contributed by atoms with van der Waals surface area (Å²) in [4.78, 5) is 0.810. The van der Waals surface area contributed by atoms with E-state index in [1.54, 1.807) is 12.1 Å². The molecule has 2 aromatic carbocycles. The fraction of sp³-hybridized carbons (Fsp3) is 0.125. The molecule has 1 unspecified atom stereocenters. The molecule has 3 heteroatoms. The SMILES string of the molecule is [O-][S+](C/[C]=C\Cc1ccc(F)cc1)c1ccccc1. The molecule has 1 atom stereocenters. The molecule has 19 heavy (non-hydrogen) atoms. The Morgan fingerprint density at radius 1 is 1.05 bits per heavy atom. The number of halogens is 1. The van der Waals surface area contributed by atoms with Gasteiger partial charge in [-0.2, -0.15) is 0 Å². The van der Waals surface area contributed by atoms with E-state index in [-0.39, 0.29) is 5.82 Å². The van der Waals surface area contributed by atoms with Gasteiger partial charge in [-0.05, 0) is 47.4 Å². The van der Waals surface area contributed by atoms with Crippen molar-refractivity contribution in [3.63, 3.8) is 0 Å². The average molecular weight is 273 g/mol.